The van der Waals surface area contributed by atoms with Crippen LogP contribution in [0.5, 0.6) is 11.5 Å². The van der Waals surface area contributed by atoms with Crippen molar-refractivity contribution in [3.63, 3.8) is 0 Å². The summed E-state index contributed by atoms with van der Waals surface area (Å²) < 4.78 is 29.9. The van der Waals surface area contributed by atoms with E-state index in [1.807, 2.05) is 41.8 Å². The van der Waals surface area contributed by atoms with Gasteiger partial charge in [0.25, 0.3) is 0 Å². The molecule has 0 amide bonds. The van der Waals surface area contributed by atoms with Crippen molar-refractivity contribution in [3.05, 3.63) is 94.4 Å². The molecule has 1 unspecified atom stereocenters. The number of benzene rings is 3. The van der Waals surface area contributed by atoms with Crippen molar-refractivity contribution in [2.24, 2.45) is 0 Å². The highest BCUT2D eigenvalue weighted by atomic mass is 32.2. The smallest absolute Gasteiger partial charge is 0.309 e. The van der Waals surface area contributed by atoms with E-state index in [1.54, 1.807) is 0 Å². The predicted molar refractivity (Wildman–Crippen MR) is 152 cm³/mol. The number of methoxy groups -OCH3 is 1. The average Bonchev–Trinajstić information content (AvgIpc) is 3.26. The molecule has 6 heteroatoms. The molecule has 0 saturated heterocycles. The second-order valence-electron chi connectivity index (χ2n) is 9.40. The topological polar surface area (TPSA) is 61.8 Å². The maximum atomic E-state index is 13.1. The number of carbonyl (C=O) groups excluding carboxylic acids is 1. The fourth-order valence-electron chi connectivity index (χ4n) is 4.64. The highest BCUT2D eigenvalue weighted by Gasteiger charge is 2.25. The molecule has 0 radical (unpaired) electrons. The number of unbranched alkanes of at least 4 members (excludes halogenated alkanes) is 1. The van der Waals surface area contributed by atoms with Crippen LogP contribution in [0.4, 0.5) is 0 Å². The van der Waals surface area contributed by atoms with Gasteiger partial charge in [-0.15, -0.1) is 0 Å². The molecule has 4 rings (SSSR count). The molecular weight excluding hydrogens is 496 g/mol. The van der Waals surface area contributed by atoms with Crippen LogP contribution in [-0.4, -0.2) is 30.5 Å². The van der Waals surface area contributed by atoms with E-state index in [2.05, 4.69) is 37.3 Å². The number of carbonyl (C=O) groups is 1. The third-order valence-corrected chi connectivity index (χ3v) is 7.95. The van der Waals surface area contributed by atoms with Crippen LogP contribution in [0.15, 0.2) is 77.0 Å². The number of rotatable bonds is 14. The summed E-state index contributed by atoms with van der Waals surface area (Å²) >= 11 is 0. The maximum Gasteiger partial charge on any atom is 0.309 e. The Morgan fingerprint density at radius 2 is 1.61 bits per heavy atom. The summed E-state index contributed by atoms with van der Waals surface area (Å²) in [6.07, 6.45) is 5.53. The zero-order chi connectivity index (χ0) is 26.7. The molecule has 0 fully saturated rings. The van der Waals surface area contributed by atoms with Gasteiger partial charge in [0.05, 0.1) is 42.4 Å². The Bertz CT molecular complexity index is 1280. The van der Waals surface area contributed by atoms with Gasteiger partial charge < -0.3 is 14.2 Å². The van der Waals surface area contributed by atoms with Crippen LogP contribution in [0.2, 0.25) is 0 Å². The number of aryl methyl sites for hydroxylation is 1. The monoisotopic (exact) mass is 532 g/mol. The molecular formula is C32H36O5S. The van der Waals surface area contributed by atoms with Crippen LogP contribution in [0, 0.1) is 0 Å². The van der Waals surface area contributed by atoms with E-state index < -0.39 is 10.8 Å². The summed E-state index contributed by atoms with van der Waals surface area (Å²) in [5.41, 5.74) is 5.51. The number of allylic oxidation sites excluding steroid dienone is 1. The molecule has 38 heavy (non-hydrogen) atoms. The van der Waals surface area contributed by atoms with Crippen LogP contribution in [0.3, 0.4) is 0 Å². The normalized spacial score (nSPS) is 14.1. The zero-order valence-corrected chi connectivity index (χ0v) is 23.1. The Morgan fingerprint density at radius 3 is 2.37 bits per heavy atom. The summed E-state index contributed by atoms with van der Waals surface area (Å²) in [5, 5.41) is 1.92. The Kier molecular flexibility index (Phi) is 10.2. The van der Waals surface area contributed by atoms with Gasteiger partial charge in [-0.3, -0.25) is 4.79 Å². The number of hydrogen-bond acceptors (Lipinski definition) is 5. The minimum Gasteiger partial charge on any atom is -0.494 e. The molecule has 0 spiro atoms. The molecule has 3 aromatic carbocycles. The van der Waals surface area contributed by atoms with E-state index in [4.69, 9.17) is 14.2 Å². The van der Waals surface area contributed by atoms with Crippen molar-refractivity contribution in [3.8, 4) is 11.5 Å². The van der Waals surface area contributed by atoms with Crippen molar-refractivity contribution in [2.75, 3.05) is 20.3 Å². The second-order valence-corrected chi connectivity index (χ2v) is 10.6. The quantitative estimate of drug-likeness (QED) is 0.171. The van der Waals surface area contributed by atoms with Crippen molar-refractivity contribution in [1.29, 1.82) is 0 Å². The van der Waals surface area contributed by atoms with Crippen molar-refractivity contribution in [2.45, 2.75) is 56.8 Å². The fraction of sp³-hybridized carbons (Fsp3) is 0.344. The predicted octanol–water partition coefficient (Wildman–Crippen LogP) is 6.69. The van der Waals surface area contributed by atoms with Crippen LogP contribution in [0.25, 0.3) is 5.57 Å². The Labute approximate surface area is 228 Å². The van der Waals surface area contributed by atoms with Gasteiger partial charge in [0.2, 0.25) is 0 Å². The first-order chi connectivity index (χ1) is 18.6. The van der Waals surface area contributed by atoms with E-state index in [-0.39, 0.29) is 12.4 Å². The van der Waals surface area contributed by atoms with Crippen LogP contribution < -0.4 is 9.47 Å². The van der Waals surface area contributed by atoms with E-state index in [1.165, 1.54) is 18.2 Å². The average molecular weight is 533 g/mol. The van der Waals surface area contributed by atoms with E-state index in [0.29, 0.717) is 13.2 Å². The number of fused-ring (bicyclic) bond motifs is 1. The third kappa shape index (κ3) is 7.35. The Balaban J connectivity index is 1.29. The molecule has 0 bridgehead atoms. The van der Waals surface area contributed by atoms with E-state index in [0.717, 1.165) is 71.6 Å². The standard InChI is InChI=1S/C32H36O5S/c1-3-10-29-30(37-20-8-7-19-36-27-14-9-13-25(21-27)22-31(33)35-2)18-17-28-26(23-38(34)32(28)29)16-15-24-11-5-4-6-12-24/h4-6,9,11-14,17-18,21,23H,3,7-8,10,15-16,19-20,22H2,1-2H3. The van der Waals surface area contributed by atoms with Crippen LogP contribution in [-0.2, 0) is 39.6 Å². The molecule has 1 atom stereocenters. The minimum absolute atomic E-state index is 0.233. The van der Waals surface area contributed by atoms with E-state index in [9.17, 15) is 9.00 Å². The van der Waals surface area contributed by atoms with Crippen LogP contribution >= 0.6 is 0 Å². The Morgan fingerprint density at radius 1 is 0.842 bits per heavy atom. The van der Waals surface area contributed by atoms with Crippen molar-refractivity contribution < 1.29 is 23.2 Å². The lowest BCUT2D eigenvalue weighted by Crippen LogP contribution is -2.06. The number of hydrogen-bond donors (Lipinski definition) is 0. The third-order valence-electron chi connectivity index (χ3n) is 6.58. The lowest BCUT2D eigenvalue weighted by molar-refractivity contribution is -0.139. The molecule has 1 aliphatic heterocycles. The van der Waals surface area contributed by atoms with Gasteiger partial charge in [-0.05, 0) is 78.6 Å². The minimum atomic E-state index is -1.14. The van der Waals surface area contributed by atoms with Gasteiger partial charge in [-0.1, -0.05) is 55.8 Å². The molecule has 200 valence electrons. The van der Waals surface area contributed by atoms with Crippen molar-refractivity contribution in [1.82, 2.24) is 0 Å². The Hall–Kier alpha value is -3.38. The molecule has 0 saturated carbocycles. The van der Waals surface area contributed by atoms with Gasteiger partial charge in [0, 0.05) is 11.0 Å². The number of ether oxygens (including phenoxy) is 3. The number of esters is 1. The summed E-state index contributed by atoms with van der Waals surface area (Å²) in [6, 6.07) is 22.1. The van der Waals surface area contributed by atoms with Gasteiger partial charge in [-0.2, -0.15) is 0 Å². The van der Waals surface area contributed by atoms with Gasteiger partial charge in [0.1, 0.15) is 11.5 Å². The molecule has 1 heterocycles. The lowest BCUT2D eigenvalue weighted by atomic mass is 9.96. The summed E-state index contributed by atoms with van der Waals surface area (Å²) in [4.78, 5) is 12.4. The fourth-order valence-corrected chi connectivity index (χ4v) is 6.13. The van der Waals surface area contributed by atoms with E-state index >= 15 is 0 Å². The SMILES string of the molecule is CCCc1c(OCCCCOc2cccc(CC(=O)OC)c2)ccc2c1S(=O)C=C2CCc1ccccc1. The molecule has 0 aromatic heterocycles. The molecule has 5 nitrogen and oxygen atoms in total. The van der Waals surface area contributed by atoms with Gasteiger partial charge >= 0.3 is 5.97 Å². The highest BCUT2D eigenvalue weighted by Crippen LogP contribution is 2.40. The molecule has 1 aliphatic rings. The largest absolute Gasteiger partial charge is 0.494 e. The summed E-state index contributed by atoms with van der Waals surface area (Å²) in [5.74, 6) is 1.32. The zero-order valence-electron chi connectivity index (χ0n) is 22.2. The first-order valence-corrected chi connectivity index (χ1v) is 14.5. The molecule has 3 aromatic rings. The highest BCUT2D eigenvalue weighted by molar-refractivity contribution is 7.88. The molecule has 0 aliphatic carbocycles. The first kappa shape index (κ1) is 27.6. The molecule has 0 N–H and O–H groups in total. The van der Waals surface area contributed by atoms with Crippen molar-refractivity contribution >= 4 is 22.3 Å². The summed E-state index contributed by atoms with van der Waals surface area (Å²) in [7, 11) is 0.250. The maximum absolute atomic E-state index is 13.1. The summed E-state index contributed by atoms with van der Waals surface area (Å²) in [6.45, 7) is 3.28. The van der Waals surface area contributed by atoms with Crippen LogP contribution in [0.1, 0.15) is 54.9 Å². The van der Waals surface area contributed by atoms with Gasteiger partial charge in [-0.25, -0.2) is 4.21 Å². The second kappa shape index (κ2) is 14.0. The van der Waals surface area contributed by atoms with Gasteiger partial charge in [0.15, 0.2) is 0 Å². The first-order valence-electron chi connectivity index (χ1n) is 13.3. The lowest BCUT2D eigenvalue weighted by Gasteiger charge is -2.16.